The maximum Gasteiger partial charge on any atom is 0.267 e. The molecule has 0 saturated heterocycles. The summed E-state index contributed by atoms with van der Waals surface area (Å²) in [6.07, 6.45) is 0. The summed E-state index contributed by atoms with van der Waals surface area (Å²) in [5, 5.41) is 9.93. The number of nitrogens with one attached hydrogen (secondary N) is 2. The predicted octanol–water partition coefficient (Wildman–Crippen LogP) is 7.70. The number of alkyl halides is 2. The molecule has 222 valence electrons. The van der Waals surface area contributed by atoms with Gasteiger partial charge in [-0.3, -0.25) is 10.1 Å². The number of anilines is 3. The highest BCUT2D eigenvalue weighted by Crippen LogP contribution is 2.31. The average Bonchev–Trinajstić information content (AvgIpc) is 3.44. The van der Waals surface area contributed by atoms with Crippen LogP contribution in [0.15, 0.2) is 69.1 Å². The second kappa shape index (κ2) is 13.6. The molecule has 4 rings (SSSR count). The lowest BCUT2D eigenvalue weighted by Crippen LogP contribution is -2.27. The van der Waals surface area contributed by atoms with Crippen LogP contribution in [0.4, 0.5) is 44.1 Å². The van der Waals surface area contributed by atoms with Crippen molar-refractivity contribution in [3.63, 3.8) is 0 Å². The van der Waals surface area contributed by atoms with Gasteiger partial charge < -0.3 is 4.90 Å². The van der Waals surface area contributed by atoms with Crippen LogP contribution in [0, 0.1) is 29.1 Å². The Morgan fingerprint density at radius 3 is 1.93 bits per heavy atom. The van der Waals surface area contributed by atoms with Gasteiger partial charge in [-0.15, -0.1) is 39.7 Å². The van der Waals surface area contributed by atoms with E-state index in [4.69, 9.17) is 23.2 Å². The third kappa shape index (κ3) is 7.09. The van der Waals surface area contributed by atoms with Gasteiger partial charge >= 0.3 is 0 Å². The number of nitrogens with zero attached hydrogens (tertiary/aromatic N) is 4. The average molecular weight is 665 g/mol. The van der Waals surface area contributed by atoms with Gasteiger partial charge in [0.2, 0.25) is 10.9 Å². The standard InChI is InChI=1S/C25H19Cl2F5N6O2S2/c26-9-11-38(12-10-27)17-7-5-15(6-8-17)34-37-35-25-33-18(13-41-25)14-1-3-16(4-2-14)36-42(39,40)24-22(31)20(29)19(28)21(30)23(24)32/h1-8,13,36H,9-12H2,(H,33,34,35). The van der Waals surface area contributed by atoms with Gasteiger partial charge in [0.15, 0.2) is 28.2 Å². The van der Waals surface area contributed by atoms with Crippen molar-refractivity contribution in [2.45, 2.75) is 4.90 Å². The van der Waals surface area contributed by atoms with Crippen molar-refractivity contribution < 1.29 is 30.4 Å². The molecule has 0 amide bonds. The van der Waals surface area contributed by atoms with Crippen molar-refractivity contribution in [1.29, 1.82) is 0 Å². The molecule has 3 aromatic carbocycles. The highest BCUT2D eigenvalue weighted by molar-refractivity contribution is 7.92. The van der Waals surface area contributed by atoms with E-state index < -0.39 is 44.0 Å². The summed E-state index contributed by atoms with van der Waals surface area (Å²) >= 11 is 12.9. The number of thiazole rings is 1. The second-order valence-corrected chi connectivity index (χ2v) is 11.5. The van der Waals surface area contributed by atoms with Crippen LogP contribution in [-0.4, -0.2) is 38.3 Å². The number of sulfonamides is 1. The van der Waals surface area contributed by atoms with Gasteiger partial charge in [-0.1, -0.05) is 17.4 Å². The van der Waals surface area contributed by atoms with Gasteiger partial charge in [-0.25, -0.2) is 35.4 Å². The number of halogens is 7. The molecule has 1 aromatic heterocycles. The van der Waals surface area contributed by atoms with E-state index in [1.54, 1.807) is 10.1 Å². The first-order valence-corrected chi connectivity index (χ1v) is 15.2. The number of benzene rings is 3. The molecule has 1 heterocycles. The van der Waals surface area contributed by atoms with Gasteiger partial charge in [-0.2, -0.15) is 0 Å². The normalized spacial score (nSPS) is 11.7. The maximum absolute atomic E-state index is 14.0. The van der Waals surface area contributed by atoms with Crippen LogP contribution in [0.5, 0.6) is 0 Å². The molecule has 0 aliphatic heterocycles. The Morgan fingerprint density at radius 2 is 1.36 bits per heavy atom. The Hall–Kier alpha value is -3.53. The fourth-order valence-corrected chi connectivity index (χ4v) is 5.88. The number of hydrogen-bond acceptors (Lipinski definition) is 7. The van der Waals surface area contributed by atoms with E-state index in [1.807, 2.05) is 24.3 Å². The van der Waals surface area contributed by atoms with Crippen molar-refractivity contribution in [1.82, 2.24) is 4.98 Å². The summed E-state index contributed by atoms with van der Waals surface area (Å²) in [5.74, 6) is -11.2. The number of hydrogen-bond donors (Lipinski definition) is 2. The van der Waals surface area contributed by atoms with Gasteiger partial charge in [0.25, 0.3) is 10.0 Å². The van der Waals surface area contributed by atoms with Crippen LogP contribution in [0.25, 0.3) is 11.3 Å². The van der Waals surface area contributed by atoms with Crippen LogP contribution >= 0.6 is 34.5 Å². The first-order chi connectivity index (χ1) is 20.1. The zero-order valence-electron chi connectivity index (χ0n) is 21.1. The fraction of sp³-hybridized carbons (Fsp3) is 0.160. The van der Waals surface area contributed by atoms with Gasteiger partial charge in [0.1, 0.15) is 0 Å². The summed E-state index contributed by atoms with van der Waals surface area (Å²) in [6.45, 7) is 1.31. The van der Waals surface area contributed by atoms with Crippen molar-refractivity contribution in [2.24, 2.45) is 10.3 Å². The Morgan fingerprint density at radius 1 is 0.810 bits per heavy atom. The van der Waals surface area contributed by atoms with E-state index in [1.165, 1.54) is 35.6 Å². The van der Waals surface area contributed by atoms with E-state index in [0.29, 0.717) is 46.9 Å². The zero-order valence-corrected chi connectivity index (χ0v) is 24.2. The number of aromatic nitrogens is 1. The molecule has 0 unspecified atom stereocenters. The Kier molecular flexibility index (Phi) is 10.2. The molecule has 2 N–H and O–H groups in total. The second-order valence-electron chi connectivity index (χ2n) is 8.32. The van der Waals surface area contributed by atoms with Crippen molar-refractivity contribution >= 4 is 66.8 Å². The third-order valence-corrected chi connectivity index (χ3v) is 8.08. The Bertz CT molecular complexity index is 1660. The summed E-state index contributed by atoms with van der Waals surface area (Å²) in [6, 6.07) is 12.8. The van der Waals surface area contributed by atoms with Crippen molar-refractivity contribution in [3.05, 3.63) is 83.0 Å². The molecule has 42 heavy (non-hydrogen) atoms. The van der Waals surface area contributed by atoms with Crippen LogP contribution in [0.3, 0.4) is 0 Å². The first-order valence-electron chi connectivity index (χ1n) is 11.8. The molecule has 4 aromatic rings. The van der Waals surface area contributed by atoms with Gasteiger partial charge in [0, 0.05) is 47.2 Å². The largest absolute Gasteiger partial charge is 0.369 e. The molecule has 17 heteroatoms. The lowest BCUT2D eigenvalue weighted by molar-refractivity contribution is 0.358. The van der Waals surface area contributed by atoms with E-state index >= 15 is 0 Å². The van der Waals surface area contributed by atoms with Crippen LogP contribution < -0.4 is 15.0 Å². The van der Waals surface area contributed by atoms with E-state index in [2.05, 4.69) is 25.6 Å². The highest BCUT2D eigenvalue weighted by Gasteiger charge is 2.33. The minimum Gasteiger partial charge on any atom is -0.369 e. The summed E-state index contributed by atoms with van der Waals surface area (Å²) in [5.41, 5.74) is 5.23. The topological polar surface area (TPSA) is 99.0 Å². The smallest absolute Gasteiger partial charge is 0.267 e. The molecule has 0 fully saturated rings. The molecule has 0 aliphatic carbocycles. The molecule has 8 nitrogen and oxygen atoms in total. The van der Waals surface area contributed by atoms with E-state index in [0.717, 1.165) is 5.69 Å². The van der Waals surface area contributed by atoms with E-state index in [9.17, 15) is 30.4 Å². The van der Waals surface area contributed by atoms with Crippen molar-refractivity contribution in [3.8, 4) is 11.3 Å². The lowest BCUT2D eigenvalue weighted by Gasteiger charge is -2.22. The van der Waals surface area contributed by atoms with Gasteiger partial charge in [0.05, 0.1) is 11.4 Å². The quantitative estimate of drug-likeness (QED) is 0.0404. The highest BCUT2D eigenvalue weighted by atomic mass is 35.5. The van der Waals surface area contributed by atoms with Crippen LogP contribution in [0.1, 0.15) is 0 Å². The van der Waals surface area contributed by atoms with E-state index in [-0.39, 0.29) is 5.69 Å². The summed E-state index contributed by atoms with van der Waals surface area (Å²) < 4.78 is 94.9. The number of rotatable bonds is 12. The molecule has 0 bridgehead atoms. The van der Waals surface area contributed by atoms with Crippen LogP contribution in [-0.2, 0) is 10.0 Å². The van der Waals surface area contributed by atoms with Gasteiger partial charge in [-0.05, 0) is 36.4 Å². The molecule has 0 radical (unpaired) electrons. The maximum atomic E-state index is 14.0. The molecular weight excluding hydrogens is 646 g/mol. The molecule has 0 atom stereocenters. The fourth-order valence-electron chi connectivity index (χ4n) is 3.63. The Labute approximate surface area is 250 Å². The summed E-state index contributed by atoms with van der Waals surface area (Å²) in [7, 11) is -5.16. The minimum atomic E-state index is -5.16. The monoisotopic (exact) mass is 664 g/mol. The predicted molar refractivity (Wildman–Crippen MR) is 153 cm³/mol. The van der Waals surface area contributed by atoms with Crippen LogP contribution in [0.2, 0.25) is 0 Å². The minimum absolute atomic E-state index is 0.193. The molecular formula is C25H19Cl2F5N6O2S2. The molecule has 0 saturated carbocycles. The SMILES string of the molecule is O=S(=O)(Nc1ccc(-c2csc(N=NNc3ccc(N(CCCl)CCCl)cc3)n2)cc1)c1c(F)c(F)c(F)c(F)c1F. The molecule has 0 aliphatic rings. The van der Waals surface area contributed by atoms with Crippen molar-refractivity contribution in [2.75, 3.05) is 39.9 Å². The summed E-state index contributed by atoms with van der Waals surface area (Å²) in [4.78, 5) is 4.39. The zero-order chi connectivity index (χ0) is 30.4. The lowest BCUT2D eigenvalue weighted by atomic mass is 10.1. The molecule has 0 spiro atoms. The third-order valence-electron chi connectivity index (χ3n) is 5.62. The first kappa shape index (κ1) is 31.4. The Balaban J connectivity index is 1.40.